The van der Waals surface area contributed by atoms with Gasteiger partial charge in [-0.1, -0.05) is 39.7 Å². The van der Waals surface area contributed by atoms with E-state index in [4.69, 9.17) is 11.6 Å². The summed E-state index contributed by atoms with van der Waals surface area (Å²) in [5.74, 6) is 0.619. The van der Waals surface area contributed by atoms with Crippen LogP contribution in [0.15, 0.2) is 33.3 Å². The summed E-state index contributed by atoms with van der Waals surface area (Å²) in [6.07, 6.45) is 1.65. The Kier molecular flexibility index (Phi) is 3.62. The van der Waals surface area contributed by atoms with Crippen molar-refractivity contribution >= 4 is 43.5 Å². The van der Waals surface area contributed by atoms with E-state index in [-0.39, 0.29) is 0 Å². The number of aromatic nitrogens is 2. The predicted molar refractivity (Wildman–Crippen MR) is 72.6 cm³/mol. The van der Waals surface area contributed by atoms with E-state index >= 15 is 0 Å². The molecule has 5 heteroatoms. The number of hydrogen-bond acceptors (Lipinski definition) is 2. The maximum Gasteiger partial charge on any atom is 0.160 e. The van der Waals surface area contributed by atoms with Gasteiger partial charge >= 0.3 is 0 Å². The number of nitrogens with zero attached hydrogens (tertiary/aromatic N) is 2. The molecule has 0 fully saturated rings. The zero-order valence-electron chi connectivity index (χ0n) is 8.34. The lowest BCUT2D eigenvalue weighted by molar-refractivity contribution is 1.16. The second kappa shape index (κ2) is 4.82. The zero-order valence-corrected chi connectivity index (χ0v) is 12.3. The van der Waals surface area contributed by atoms with Gasteiger partial charge in [-0.2, -0.15) is 0 Å². The van der Waals surface area contributed by atoms with Crippen LogP contribution >= 0.6 is 43.5 Å². The van der Waals surface area contributed by atoms with Crippen molar-refractivity contribution in [2.75, 3.05) is 0 Å². The molecule has 16 heavy (non-hydrogen) atoms. The molecule has 0 aliphatic carbocycles. The molecule has 0 amide bonds. The Bertz CT molecular complexity index is 494. The Morgan fingerprint density at radius 3 is 2.56 bits per heavy atom. The summed E-state index contributed by atoms with van der Waals surface area (Å²) in [5.41, 5.74) is 2.11. The fourth-order valence-corrected chi connectivity index (χ4v) is 1.92. The van der Waals surface area contributed by atoms with Gasteiger partial charge in [0.2, 0.25) is 0 Å². The molecule has 0 radical (unpaired) electrons. The molecule has 0 aliphatic heterocycles. The topological polar surface area (TPSA) is 25.8 Å². The zero-order chi connectivity index (χ0) is 11.7. The first kappa shape index (κ1) is 12.0. The first-order chi connectivity index (χ1) is 7.58. The number of halogens is 3. The number of aryl methyl sites for hydroxylation is 1. The van der Waals surface area contributed by atoms with Crippen molar-refractivity contribution in [2.24, 2.45) is 0 Å². The minimum atomic E-state index is 0.418. The van der Waals surface area contributed by atoms with Gasteiger partial charge in [0.25, 0.3) is 0 Å². The molecular formula is C11H7Br2ClN2. The molecule has 1 heterocycles. The maximum absolute atomic E-state index is 5.93. The van der Waals surface area contributed by atoms with Crippen LogP contribution in [-0.4, -0.2) is 9.97 Å². The van der Waals surface area contributed by atoms with Gasteiger partial charge < -0.3 is 0 Å². The van der Waals surface area contributed by atoms with Gasteiger partial charge in [-0.3, -0.25) is 0 Å². The van der Waals surface area contributed by atoms with Gasteiger partial charge in [0.1, 0.15) is 5.15 Å². The van der Waals surface area contributed by atoms with E-state index in [2.05, 4.69) is 41.8 Å². The Hall–Kier alpha value is -0.450. The summed E-state index contributed by atoms with van der Waals surface area (Å²) in [6, 6.07) is 5.97. The fraction of sp³-hybridized carbons (Fsp3) is 0.0909. The lowest BCUT2D eigenvalue weighted by Crippen LogP contribution is -1.90. The van der Waals surface area contributed by atoms with Crippen LogP contribution in [0.25, 0.3) is 11.4 Å². The lowest BCUT2D eigenvalue weighted by atomic mass is 10.1. The van der Waals surface area contributed by atoms with Gasteiger partial charge in [0, 0.05) is 16.2 Å². The highest BCUT2D eigenvalue weighted by molar-refractivity contribution is 9.10. The molecule has 2 aromatic rings. The van der Waals surface area contributed by atoms with Crippen LogP contribution in [0.3, 0.4) is 0 Å². The first-order valence-corrected chi connectivity index (χ1v) is 6.49. The predicted octanol–water partition coefficient (Wildman–Crippen LogP) is 4.63. The molecule has 1 aromatic carbocycles. The Labute approximate surface area is 115 Å². The second-order valence-corrected chi connectivity index (χ2v) is 5.36. The highest BCUT2D eigenvalue weighted by atomic mass is 79.9. The van der Waals surface area contributed by atoms with Gasteiger partial charge in [0.15, 0.2) is 5.82 Å². The third kappa shape index (κ3) is 2.44. The van der Waals surface area contributed by atoms with Gasteiger partial charge in [-0.15, -0.1) is 0 Å². The Morgan fingerprint density at radius 2 is 1.94 bits per heavy atom. The Morgan fingerprint density at radius 1 is 1.19 bits per heavy atom. The molecule has 2 nitrogen and oxygen atoms in total. The molecule has 0 bridgehead atoms. The fourth-order valence-electron chi connectivity index (χ4n) is 1.22. The van der Waals surface area contributed by atoms with Crippen LogP contribution in [0.5, 0.6) is 0 Å². The van der Waals surface area contributed by atoms with Crippen molar-refractivity contribution in [1.82, 2.24) is 9.97 Å². The molecule has 0 unspecified atom stereocenters. The molecule has 0 saturated heterocycles. The molecule has 0 N–H and O–H groups in total. The summed E-state index contributed by atoms with van der Waals surface area (Å²) in [5, 5.41) is 0.418. The van der Waals surface area contributed by atoms with Crippen molar-refractivity contribution in [2.45, 2.75) is 6.92 Å². The summed E-state index contributed by atoms with van der Waals surface area (Å²) in [7, 11) is 0. The van der Waals surface area contributed by atoms with Crippen molar-refractivity contribution in [1.29, 1.82) is 0 Å². The third-order valence-electron chi connectivity index (χ3n) is 2.13. The number of hydrogen-bond donors (Lipinski definition) is 0. The van der Waals surface area contributed by atoms with E-state index in [9.17, 15) is 0 Å². The van der Waals surface area contributed by atoms with Crippen molar-refractivity contribution in [3.05, 3.63) is 44.1 Å². The van der Waals surface area contributed by atoms with Crippen LogP contribution in [0, 0.1) is 6.92 Å². The standard InChI is InChI=1S/C11H7Br2ClN2/c1-6-2-3-7(4-8(6)12)11-15-5-9(13)10(14)16-11/h2-5H,1H3. The SMILES string of the molecule is Cc1ccc(-c2ncc(Br)c(Cl)n2)cc1Br. The van der Waals surface area contributed by atoms with E-state index in [1.54, 1.807) is 6.20 Å². The smallest absolute Gasteiger partial charge is 0.160 e. The third-order valence-corrected chi connectivity index (χ3v) is 4.08. The quantitative estimate of drug-likeness (QED) is 0.691. The van der Waals surface area contributed by atoms with E-state index < -0.39 is 0 Å². The van der Waals surface area contributed by atoms with Crippen molar-refractivity contribution < 1.29 is 0 Å². The molecule has 0 saturated carbocycles. The monoisotopic (exact) mass is 360 g/mol. The maximum atomic E-state index is 5.93. The van der Waals surface area contributed by atoms with Crippen LogP contribution < -0.4 is 0 Å². The lowest BCUT2D eigenvalue weighted by Gasteiger charge is -2.04. The van der Waals surface area contributed by atoms with Crippen LogP contribution in [0.4, 0.5) is 0 Å². The van der Waals surface area contributed by atoms with Crippen LogP contribution in [0.1, 0.15) is 5.56 Å². The largest absolute Gasteiger partial charge is 0.235 e. The summed E-state index contributed by atoms with van der Waals surface area (Å²) in [4.78, 5) is 8.42. The summed E-state index contributed by atoms with van der Waals surface area (Å²) < 4.78 is 1.73. The van der Waals surface area contributed by atoms with Gasteiger partial charge in [0.05, 0.1) is 4.47 Å². The molecule has 1 aromatic heterocycles. The van der Waals surface area contributed by atoms with E-state index in [0.29, 0.717) is 15.5 Å². The van der Waals surface area contributed by atoms with Crippen molar-refractivity contribution in [3.8, 4) is 11.4 Å². The molecule has 0 aliphatic rings. The minimum Gasteiger partial charge on any atom is -0.235 e. The first-order valence-electron chi connectivity index (χ1n) is 4.52. The average molecular weight is 362 g/mol. The van der Waals surface area contributed by atoms with Gasteiger partial charge in [-0.25, -0.2) is 9.97 Å². The number of benzene rings is 1. The van der Waals surface area contributed by atoms with Gasteiger partial charge in [-0.05, 0) is 34.5 Å². The van der Waals surface area contributed by atoms with Crippen molar-refractivity contribution in [3.63, 3.8) is 0 Å². The minimum absolute atomic E-state index is 0.418. The van der Waals surface area contributed by atoms with Crippen LogP contribution in [0.2, 0.25) is 5.15 Å². The van der Waals surface area contributed by atoms with E-state index in [1.807, 2.05) is 25.1 Å². The molecule has 0 atom stereocenters. The highest BCUT2D eigenvalue weighted by Crippen LogP contribution is 2.26. The molecule has 2 rings (SSSR count). The van der Waals surface area contributed by atoms with Crippen LogP contribution in [-0.2, 0) is 0 Å². The Balaban J connectivity index is 2.50. The van der Waals surface area contributed by atoms with E-state index in [0.717, 1.165) is 10.0 Å². The number of rotatable bonds is 1. The summed E-state index contributed by atoms with van der Waals surface area (Å²) >= 11 is 12.7. The molecular weight excluding hydrogens is 355 g/mol. The average Bonchev–Trinajstić information content (AvgIpc) is 2.26. The highest BCUT2D eigenvalue weighted by Gasteiger charge is 2.06. The molecule has 82 valence electrons. The molecule has 0 spiro atoms. The second-order valence-electron chi connectivity index (χ2n) is 3.30. The van der Waals surface area contributed by atoms with E-state index in [1.165, 1.54) is 5.56 Å². The summed E-state index contributed by atoms with van der Waals surface area (Å²) in [6.45, 7) is 2.03. The normalized spacial score (nSPS) is 10.5.